The molecule has 4 nitrogen and oxygen atoms in total. The van der Waals surface area contributed by atoms with Gasteiger partial charge in [0, 0.05) is 27.7 Å². The van der Waals surface area contributed by atoms with E-state index in [2.05, 4.69) is 5.32 Å². The van der Waals surface area contributed by atoms with Gasteiger partial charge in [0.25, 0.3) is 0 Å². The molecule has 1 amide bonds. The first-order valence-electron chi connectivity index (χ1n) is 7.77. The quantitative estimate of drug-likeness (QED) is 0.744. The SMILES string of the molecule is CC(NC(=O)Cn1ccc(=O)c2ccc(Cl)cc21)c1ccc(Cl)cc1. The standard InChI is InChI=1S/C19H16Cl2N2O2/c1-12(13-2-4-14(20)5-3-13)22-19(25)11-23-9-8-18(24)16-7-6-15(21)10-17(16)23/h2-10,12H,11H2,1H3,(H,22,25). The molecule has 25 heavy (non-hydrogen) atoms. The molecule has 1 N–H and O–H groups in total. The molecule has 1 unspecified atom stereocenters. The van der Waals surface area contributed by atoms with Crippen LogP contribution >= 0.6 is 23.2 Å². The van der Waals surface area contributed by atoms with Crippen LogP contribution in [0.3, 0.4) is 0 Å². The number of halogens is 2. The first-order chi connectivity index (χ1) is 11.9. The lowest BCUT2D eigenvalue weighted by molar-refractivity contribution is -0.122. The molecular formula is C19H16Cl2N2O2. The predicted molar refractivity (Wildman–Crippen MR) is 101 cm³/mol. The molecule has 0 bridgehead atoms. The second kappa shape index (κ2) is 7.30. The largest absolute Gasteiger partial charge is 0.348 e. The van der Waals surface area contributed by atoms with Gasteiger partial charge in [0.1, 0.15) is 6.54 Å². The summed E-state index contributed by atoms with van der Waals surface area (Å²) in [5.41, 5.74) is 1.50. The van der Waals surface area contributed by atoms with Crippen LogP contribution in [0.1, 0.15) is 18.5 Å². The first kappa shape index (κ1) is 17.5. The van der Waals surface area contributed by atoms with Gasteiger partial charge in [0.2, 0.25) is 5.91 Å². The number of fused-ring (bicyclic) bond motifs is 1. The number of hydrogen-bond donors (Lipinski definition) is 1. The number of carbonyl (C=O) groups is 1. The molecule has 1 heterocycles. The number of hydrogen-bond acceptors (Lipinski definition) is 2. The van der Waals surface area contributed by atoms with Crippen molar-refractivity contribution in [1.29, 1.82) is 0 Å². The highest BCUT2D eigenvalue weighted by Crippen LogP contribution is 2.18. The highest BCUT2D eigenvalue weighted by Gasteiger charge is 2.12. The Balaban J connectivity index is 1.80. The lowest BCUT2D eigenvalue weighted by atomic mass is 10.1. The van der Waals surface area contributed by atoms with Crippen LogP contribution in [0.5, 0.6) is 0 Å². The Morgan fingerprint density at radius 1 is 1.08 bits per heavy atom. The number of pyridine rings is 1. The van der Waals surface area contributed by atoms with Crippen LogP contribution in [0, 0.1) is 0 Å². The molecule has 1 aromatic heterocycles. The van der Waals surface area contributed by atoms with Gasteiger partial charge in [-0.05, 0) is 42.8 Å². The number of amides is 1. The molecule has 0 saturated heterocycles. The Hall–Kier alpha value is -2.30. The molecule has 6 heteroatoms. The average molecular weight is 375 g/mol. The number of aromatic nitrogens is 1. The molecule has 0 spiro atoms. The zero-order valence-corrected chi connectivity index (χ0v) is 15.0. The van der Waals surface area contributed by atoms with Crippen molar-refractivity contribution >= 4 is 40.0 Å². The van der Waals surface area contributed by atoms with Crippen molar-refractivity contribution in [3.63, 3.8) is 0 Å². The molecule has 2 aromatic carbocycles. The van der Waals surface area contributed by atoms with Crippen molar-refractivity contribution < 1.29 is 4.79 Å². The van der Waals surface area contributed by atoms with Crippen molar-refractivity contribution in [2.75, 3.05) is 0 Å². The fraction of sp³-hybridized carbons (Fsp3) is 0.158. The summed E-state index contributed by atoms with van der Waals surface area (Å²) in [6.07, 6.45) is 1.60. The van der Waals surface area contributed by atoms with Crippen LogP contribution in [-0.4, -0.2) is 10.5 Å². The van der Waals surface area contributed by atoms with E-state index in [0.717, 1.165) is 5.56 Å². The number of carbonyl (C=O) groups excluding carboxylic acids is 1. The molecular weight excluding hydrogens is 359 g/mol. The Bertz CT molecular complexity index is 981. The molecule has 1 atom stereocenters. The Labute approximate surface area is 155 Å². The van der Waals surface area contributed by atoms with Crippen LogP contribution in [0.15, 0.2) is 59.5 Å². The van der Waals surface area contributed by atoms with Gasteiger partial charge in [0.15, 0.2) is 5.43 Å². The molecule has 0 aliphatic rings. The minimum Gasteiger partial charge on any atom is -0.348 e. The Kier molecular flexibility index (Phi) is 5.11. The van der Waals surface area contributed by atoms with E-state index in [1.165, 1.54) is 6.07 Å². The summed E-state index contributed by atoms with van der Waals surface area (Å²) in [4.78, 5) is 24.4. The van der Waals surface area contributed by atoms with E-state index in [-0.39, 0.29) is 23.9 Å². The van der Waals surface area contributed by atoms with Crippen molar-refractivity contribution in [2.45, 2.75) is 19.5 Å². The molecule has 0 fully saturated rings. The third kappa shape index (κ3) is 4.03. The predicted octanol–water partition coefficient (Wildman–Crippen LogP) is 4.19. The molecule has 3 rings (SSSR count). The van der Waals surface area contributed by atoms with Crippen molar-refractivity contribution in [1.82, 2.24) is 9.88 Å². The fourth-order valence-corrected chi connectivity index (χ4v) is 2.99. The van der Waals surface area contributed by atoms with E-state index in [4.69, 9.17) is 23.2 Å². The average Bonchev–Trinajstić information content (AvgIpc) is 2.58. The van der Waals surface area contributed by atoms with E-state index in [9.17, 15) is 9.59 Å². The number of nitrogens with zero attached hydrogens (tertiary/aromatic N) is 1. The zero-order chi connectivity index (χ0) is 18.0. The van der Waals surface area contributed by atoms with E-state index < -0.39 is 0 Å². The summed E-state index contributed by atoms with van der Waals surface area (Å²) in [7, 11) is 0. The van der Waals surface area contributed by atoms with Crippen molar-refractivity contribution in [2.24, 2.45) is 0 Å². The monoisotopic (exact) mass is 374 g/mol. The lowest BCUT2D eigenvalue weighted by Crippen LogP contribution is -2.30. The first-order valence-corrected chi connectivity index (χ1v) is 8.53. The van der Waals surface area contributed by atoms with Gasteiger partial charge in [-0.2, -0.15) is 0 Å². The Morgan fingerprint density at radius 3 is 2.48 bits per heavy atom. The van der Waals surface area contributed by atoms with Gasteiger partial charge in [-0.3, -0.25) is 9.59 Å². The second-order valence-corrected chi connectivity index (χ2v) is 6.68. The van der Waals surface area contributed by atoms with Crippen LogP contribution in [0.4, 0.5) is 0 Å². The summed E-state index contributed by atoms with van der Waals surface area (Å²) in [5, 5.41) is 4.64. The third-order valence-electron chi connectivity index (χ3n) is 4.00. The zero-order valence-electron chi connectivity index (χ0n) is 13.5. The van der Waals surface area contributed by atoms with Gasteiger partial charge in [-0.25, -0.2) is 0 Å². The maximum atomic E-state index is 12.4. The normalized spacial score (nSPS) is 12.1. The smallest absolute Gasteiger partial charge is 0.240 e. The summed E-state index contributed by atoms with van der Waals surface area (Å²) >= 11 is 11.9. The van der Waals surface area contributed by atoms with Crippen molar-refractivity contribution in [3.05, 3.63) is 80.6 Å². The maximum absolute atomic E-state index is 12.4. The maximum Gasteiger partial charge on any atom is 0.240 e. The molecule has 3 aromatic rings. The van der Waals surface area contributed by atoms with E-state index in [1.807, 2.05) is 19.1 Å². The Morgan fingerprint density at radius 2 is 1.76 bits per heavy atom. The van der Waals surface area contributed by atoms with Gasteiger partial charge in [-0.15, -0.1) is 0 Å². The molecule has 0 radical (unpaired) electrons. The molecule has 0 aliphatic carbocycles. The molecule has 128 valence electrons. The highest BCUT2D eigenvalue weighted by atomic mass is 35.5. The third-order valence-corrected chi connectivity index (χ3v) is 4.49. The van der Waals surface area contributed by atoms with Crippen molar-refractivity contribution in [3.8, 4) is 0 Å². The number of rotatable bonds is 4. The minimum absolute atomic E-state index is 0.0923. The summed E-state index contributed by atoms with van der Waals surface area (Å²) in [5.74, 6) is -0.160. The van der Waals surface area contributed by atoms with E-state index in [1.54, 1.807) is 41.1 Å². The number of nitrogens with one attached hydrogen (secondary N) is 1. The van der Waals surface area contributed by atoms with E-state index >= 15 is 0 Å². The topological polar surface area (TPSA) is 51.1 Å². The second-order valence-electron chi connectivity index (χ2n) is 5.81. The minimum atomic E-state index is -0.160. The summed E-state index contributed by atoms with van der Waals surface area (Å²) in [6.45, 7) is 2.00. The lowest BCUT2D eigenvalue weighted by Gasteiger charge is -2.16. The van der Waals surface area contributed by atoms with Gasteiger partial charge in [0.05, 0.1) is 11.6 Å². The fourth-order valence-electron chi connectivity index (χ4n) is 2.69. The molecule has 0 saturated carbocycles. The molecule has 0 aliphatic heterocycles. The van der Waals surface area contributed by atoms with Gasteiger partial charge >= 0.3 is 0 Å². The van der Waals surface area contributed by atoms with E-state index in [0.29, 0.717) is 20.9 Å². The summed E-state index contributed by atoms with van der Waals surface area (Å²) < 4.78 is 1.71. The van der Waals surface area contributed by atoms with Gasteiger partial charge in [-0.1, -0.05) is 35.3 Å². The highest BCUT2D eigenvalue weighted by molar-refractivity contribution is 6.31. The van der Waals surface area contributed by atoms with Crippen LogP contribution in [0.2, 0.25) is 10.0 Å². The number of benzene rings is 2. The summed E-state index contributed by atoms with van der Waals surface area (Å²) in [6, 6.07) is 13.7. The van der Waals surface area contributed by atoms with Gasteiger partial charge < -0.3 is 9.88 Å². The van der Waals surface area contributed by atoms with Crippen LogP contribution < -0.4 is 10.7 Å². The van der Waals surface area contributed by atoms with Crippen LogP contribution in [0.25, 0.3) is 10.9 Å². The van der Waals surface area contributed by atoms with Crippen LogP contribution in [-0.2, 0) is 11.3 Å².